The Balaban J connectivity index is 2.19. The van der Waals surface area contributed by atoms with Crippen LogP contribution >= 0.6 is 15.9 Å². The van der Waals surface area contributed by atoms with Crippen LogP contribution in [0, 0.1) is 13.8 Å². The third-order valence-corrected chi connectivity index (χ3v) is 5.77. The number of hydrogen-bond acceptors (Lipinski definition) is 3. The fourth-order valence-corrected chi connectivity index (χ4v) is 3.83. The smallest absolute Gasteiger partial charge is 0.241 e. The minimum atomic E-state index is -3.55. The predicted molar refractivity (Wildman–Crippen MR) is 90.6 cm³/mol. The molecule has 0 aliphatic carbocycles. The van der Waals surface area contributed by atoms with E-state index in [1.165, 1.54) is 0 Å². The third kappa shape index (κ3) is 3.88. The van der Waals surface area contributed by atoms with E-state index >= 15 is 0 Å². The molecule has 22 heavy (non-hydrogen) atoms. The van der Waals surface area contributed by atoms with Crippen LogP contribution in [0.1, 0.15) is 16.7 Å². The van der Waals surface area contributed by atoms with Gasteiger partial charge in [0.1, 0.15) is 5.75 Å². The average Bonchev–Trinajstić information content (AvgIpc) is 2.49. The maximum absolute atomic E-state index is 12.5. The van der Waals surface area contributed by atoms with Gasteiger partial charge in [-0.1, -0.05) is 28.1 Å². The molecule has 2 aromatic rings. The Labute approximate surface area is 139 Å². The topological polar surface area (TPSA) is 55.4 Å². The van der Waals surface area contributed by atoms with Crippen molar-refractivity contribution in [2.24, 2.45) is 0 Å². The first-order valence-electron chi connectivity index (χ1n) is 6.73. The molecule has 0 fully saturated rings. The second-order valence-electron chi connectivity index (χ2n) is 5.04. The second kappa shape index (κ2) is 6.81. The summed E-state index contributed by atoms with van der Waals surface area (Å²) in [6.45, 7) is 3.89. The highest BCUT2D eigenvalue weighted by Crippen LogP contribution is 2.24. The van der Waals surface area contributed by atoms with Crippen LogP contribution in [-0.2, 0) is 16.6 Å². The van der Waals surface area contributed by atoms with Crippen molar-refractivity contribution in [3.8, 4) is 5.75 Å². The number of methoxy groups -OCH3 is 1. The molecule has 118 valence electrons. The van der Waals surface area contributed by atoms with Gasteiger partial charge in [0, 0.05) is 11.0 Å². The Morgan fingerprint density at radius 1 is 1.09 bits per heavy atom. The largest absolute Gasteiger partial charge is 0.497 e. The maximum atomic E-state index is 12.5. The lowest BCUT2D eigenvalue weighted by molar-refractivity contribution is 0.414. The lowest BCUT2D eigenvalue weighted by atomic mass is 10.2. The molecule has 4 nitrogen and oxygen atoms in total. The van der Waals surface area contributed by atoms with E-state index in [1.54, 1.807) is 32.2 Å². The quantitative estimate of drug-likeness (QED) is 0.858. The van der Waals surface area contributed by atoms with Crippen LogP contribution in [-0.4, -0.2) is 15.5 Å². The summed E-state index contributed by atoms with van der Waals surface area (Å²) in [5.41, 5.74) is 2.46. The summed E-state index contributed by atoms with van der Waals surface area (Å²) in [6.07, 6.45) is 0. The molecule has 0 saturated carbocycles. The minimum Gasteiger partial charge on any atom is -0.497 e. The van der Waals surface area contributed by atoms with Crippen LogP contribution in [0.25, 0.3) is 0 Å². The van der Waals surface area contributed by atoms with Crippen molar-refractivity contribution in [2.75, 3.05) is 7.11 Å². The molecule has 0 bridgehead atoms. The lowest BCUT2D eigenvalue weighted by Crippen LogP contribution is -2.24. The van der Waals surface area contributed by atoms with Crippen molar-refractivity contribution < 1.29 is 13.2 Å². The third-order valence-electron chi connectivity index (χ3n) is 3.37. The summed E-state index contributed by atoms with van der Waals surface area (Å²) < 4.78 is 33.5. The van der Waals surface area contributed by atoms with Crippen LogP contribution in [0.5, 0.6) is 5.75 Å². The molecular formula is C16H18BrNO3S. The van der Waals surface area contributed by atoms with Crippen LogP contribution < -0.4 is 9.46 Å². The summed E-state index contributed by atoms with van der Waals surface area (Å²) in [5, 5.41) is 0. The van der Waals surface area contributed by atoms with Crippen molar-refractivity contribution in [1.82, 2.24) is 4.72 Å². The fourth-order valence-electron chi connectivity index (χ4n) is 2.04. The molecule has 6 heteroatoms. The molecule has 0 spiro atoms. The molecule has 2 aromatic carbocycles. The van der Waals surface area contributed by atoms with Crippen LogP contribution in [0.3, 0.4) is 0 Å². The molecule has 0 unspecified atom stereocenters. The Kier molecular flexibility index (Phi) is 5.26. The zero-order chi connectivity index (χ0) is 16.3. The van der Waals surface area contributed by atoms with E-state index in [9.17, 15) is 8.42 Å². The molecule has 0 aliphatic heterocycles. The van der Waals surface area contributed by atoms with Gasteiger partial charge in [0.15, 0.2) is 0 Å². The molecule has 2 rings (SSSR count). The minimum absolute atomic E-state index is 0.237. The van der Waals surface area contributed by atoms with Gasteiger partial charge >= 0.3 is 0 Å². The Morgan fingerprint density at radius 3 is 2.32 bits per heavy atom. The summed E-state index contributed by atoms with van der Waals surface area (Å²) in [4.78, 5) is 0.307. The van der Waals surface area contributed by atoms with Gasteiger partial charge in [-0.25, -0.2) is 13.1 Å². The van der Waals surface area contributed by atoms with Crippen molar-refractivity contribution in [3.63, 3.8) is 0 Å². The molecule has 0 aliphatic rings. The van der Waals surface area contributed by atoms with E-state index < -0.39 is 10.0 Å². The monoisotopic (exact) mass is 383 g/mol. The van der Waals surface area contributed by atoms with Gasteiger partial charge in [0.05, 0.1) is 12.0 Å². The predicted octanol–water partition coefficient (Wildman–Crippen LogP) is 3.55. The van der Waals surface area contributed by atoms with Gasteiger partial charge in [-0.15, -0.1) is 0 Å². The number of sulfonamides is 1. The van der Waals surface area contributed by atoms with Crippen molar-refractivity contribution in [2.45, 2.75) is 25.3 Å². The number of benzene rings is 2. The average molecular weight is 384 g/mol. The van der Waals surface area contributed by atoms with E-state index in [2.05, 4.69) is 20.7 Å². The van der Waals surface area contributed by atoms with E-state index in [0.29, 0.717) is 10.5 Å². The first-order valence-corrected chi connectivity index (χ1v) is 9.00. The number of aryl methyl sites for hydroxylation is 2. The molecule has 0 atom stereocenters. The highest BCUT2D eigenvalue weighted by molar-refractivity contribution is 9.10. The Hall–Kier alpha value is -1.37. The molecule has 0 radical (unpaired) electrons. The summed E-state index contributed by atoms with van der Waals surface area (Å²) in [7, 11) is -1.95. The van der Waals surface area contributed by atoms with Gasteiger partial charge in [0.2, 0.25) is 10.0 Å². The van der Waals surface area contributed by atoms with Gasteiger partial charge in [-0.2, -0.15) is 0 Å². The summed E-state index contributed by atoms with van der Waals surface area (Å²) in [5.74, 6) is 0.742. The lowest BCUT2D eigenvalue weighted by Gasteiger charge is -2.11. The zero-order valence-electron chi connectivity index (χ0n) is 12.7. The van der Waals surface area contributed by atoms with Crippen molar-refractivity contribution in [1.29, 1.82) is 0 Å². The van der Waals surface area contributed by atoms with Crippen LogP contribution in [0.15, 0.2) is 45.8 Å². The Bertz CT molecular complexity index is 771. The highest BCUT2D eigenvalue weighted by Gasteiger charge is 2.17. The van der Waals surface area contributed by atoms with E-state index in [1.807, 2.05) is 25.1 Å². The number of nitrogens with one attached hydrogen (secondary N) is 1. The van der Waals surface area contributed by atoms with E-state index in [-0.39, 0.29) is 6.54 Å². The standard InChI is InChI=1S/C16H18BrNO3S/c1-11-9-16(12(2)8-15(11)17)22(19,20)18-10-13-4-6-14(21-3)7-5-13/h4-9,18H,10H2,1-3H3. The first-order chi connectivity index (χ1) is 10.3. The second-order valence-corrected chi connectivity index (χ2v) is 7.63. The van der Waals surface area contributed by atoms with Crippen LogP contribution in [0.4, 0.5) is 0 Å². The zero-order valence-corrected chi connectivity index (χ0v) is 15.1. The summed E-state index contributed by atoms with van der Waals surface area (Å²) in [6, 6.07) is 10.8. The van der Waals surface area contributed by atoms with Crippen molar-refractivity contribution >= 4 is 26.0 Å². The molecule has 0 amide bonds. The molecular weight excluding hydrogens is 366 g/mol. The van der Waals surface area contributed by atoms with Gasteiger partial charge < -0.3 is 4.74 Å². The molecule has 0 aromatic heterocycles. The van der Waals surface area contributed by atoms with Gasteiger partial charge in [-0.3, -0.25) is 0 Å². The SMILES string of the molecule is COc1ccc(CNS(=O)(=O)c2cc(C)c(Br)cc2C)cc1. The van der Waals surface area contributed by atoms with Crippen LogP contribution in [0.2, 0.25) is 0 Å². The number of rotatable bonds is 5. The normalized spacial score (nSPS) is 11.5. The van der Waals surface area contributed by atoms with Crippen molar-refractivity contribution in [3.05, 3.63) is 57.6 Å². The number of halogens is 1. The fraction of sp³-hybridized carbons (Fsp3) is 0.250. The Morgan fingerprint density at radius 2 is 1.73 bits per heavy atom. The first kappa shape index (κ1) is 17.0. The molecule has 0 saturated heterocycles. The summed E-state index contributed by atoms with van der Waals surface area (Å²) >= 11 is 3.41. The highest BCUT2D eigenvalue weighted by atomic mass is 79.9. The van der Waals surface area contributed by atoms with Gasteiger partial charge in [0.25, 0.3) is 0 Å². The van der Waals surface area contributed by atoms with E-state index in [0.717, 1.165) is 21.3 Å². The van der Waals surface area contributed by atoms with Gasteiger partial charge in [-0.05, 0) is 54.8 Å². The van der Waals surface area contributed by atoms with E-state index in [4.69, 9.17) is 4.74 Å². The maximum Gasteiger partial charge on any atom is 0.241 e. The molecule has 1 N–H and O–H groups in total. The number of ether oxygens (including phenoxy) is 1. The number of hydrogen-bond donors (Lipinski definition) is 1. The molecule has 0 heterocycles.